The van der Waals surface area contributed by atoms with Crippen molar-refractivity contribution in [3.63, 3.8) is 0 Å². The number of fused-ring (bicyclic) bond motifs is 1. The van der Waals surface area contributed by atoms with Crippen molar-refractivity contribution >= 4 is 11.9 Å². The van der Waals surface area contributed by atoms with Gasteiger partial charge in [-0.2, -0.15) is 0 Å². The van der Waals surface area contributed by atoms with E-state index in [1.165, 1.54) is 0 Å². The molecule has 1 atom stereocenters. The van der Waals surface area contributed by atoms with E-state index in [0.717, 1.165) is 0 Å². The van der Waals surface area contributed by atoms with Crippen LogP contribution in [0.25, 0.3) is 0 Å². The number of benzene rings is 1. The van der Waals surface area contributed by atoms with E-state index in [4.69, 9.17) is 9.84 Å². The number of rotatable bonds is 2. The molecule has 0 fully saturated rings. The third-order valence-corrected chi connectivity index (χ3v) is 2.87. The highest BCUT2D eigenvalue weighted by atomic mass is 16.6. The van der Waals surface area contributed by atoms with Crippen LogP contribution in [0.5, 0.6) is 0 Å². The maximum atomic E-state index is 12.1. The van der Waals surface area contributed by atoms with Gasteiger partial charge in [0.25, 0.3) is 0 Å². The molecular weight excluding hydrogens is 246 g/mol. The predicted octanol–water partition coefficient (Wildman–Crippen LogP) is 1.87. The van der Waals surface area contributed by atoms with Crippen molar-refractivity contribution in [1.29, 1.82) is 0 Å². The van der Waals surface area contributed by atoms with Crippen LogP contribution < -0.4 is 5.32 Å². The van der Waals surface area contributed by atoms with E-state index in [1.807, 2.05) is 0 Å². The van der Waals surface area contributed by atoms with Crippen molar-refractivity contribution in [3.05, 3.63) is 34.9 Å². The van der Waals surface area contributed by atoms with Crippen LogP contribution in [0.3, 0.4) is 0 Å². The molecule has 1 unspecified atom stereocenters. The van der Waals surface area contributed by atoms with Gasteiger partial charge in [0, 0.05) is 6.54 Å². The Labute approximate surface area is 111 Å². The van der Waals surface area contributed by atoms with Gasteiger partial charge in [0.15, 0.2) is 0 Å². The van der Waals surface area contributed by atoms with Gasteiger partial charge in [0.1, 0.15) is 11.6 Å². The molecule has 0 aliphatic carbocycles. The highest BCUT2D eigenvalue weighted by molar-refractivity contribution is 5.93. The Kier molecular flexibility index (Phi) is 3.32. The standard InChI is InChI=1S/C14H17NO4/c1-14(2,3)19-13(18)9-6-4-5-8-10(9)7-15-11(8)12(16)17/h4-6,11,15H,7H2,1-3H3,(H,16,17). The first-order valence-corrected chi connectivity index (χ1v) is 6.11. The molecule has 0 amide bonds. The normalized spacial score (nSPS) is 17.9. The van der Waals surface area contributed by atoms with Crippen LogP contribution in [0.4, 0.5) is 0 Å². The number of hydrogen-bond donors (Lipinski definition) is 2. The van der Waals surface area contributed by atoms with Gasteiger partial charge in [-0.05, 0) is 38.0 Å². The second-order valence-electron chi connectivity index (χ2n) is 5.53. The fourth-order valence-corrected chi connectivity index (χ4v) is 2.13. The minimum absolute atomic E-state index is 0.363. The molecule has 2 rings (SSSR count). The summed E-state index contributed by atoms with van der Waals surface area (Å²) >= 11 is 0. The number of carboxylic acid groups (broad SMARTS) is 1. The third-order valence-electron chi connectivity index (χ3n) is 2.87. The Balaban J connectivity index is 2.35. The van der Waals surface area contributed by atoms with Crippen molar-refractivity contribution in [2.45, 2.75) is 39.0 Å². The molecule has 1 aliphatic heterocycles. The van der Waals surface area contributed by atoms with Crippen LogP contribution in [0.2, 0.25) is 0 Å². The van der Waals surface area contributed by atoms with Gasteiger partial charge in [0.05, 0.1) is 5.56 Å². The summed E-state index contributed by atoms with van der Waals surface area (Å²) in [5.41, 5.74) is 1.21. The van der Waals surface area contributed by atoms with Gasteiger partial charge < -0.3 is 9.84 Å². The van der Waals surface area contributed by atoms with Crippen molar-refractivity contribution in [3.8, 4) is 0 Å². The summed E-state index contributed by atoms with van der Waals surface area (Å²) in [6.07, 6.45) is 0. The van der Waals surface area contributed by atoms with Crippen molar-refractivity contribution in [2.75, 3.05) is 0 Å². The zero-order valence-corrected chi connectivity index (χ0v) is 11.2. The van der Waals surface area contributed by atoms with E-state index in [-0.39, 0.29) is 0 Å². The molecular formula is C14H17NO4. The maximum Gasteiger partial charge on any atom is 0.338 e. The summed E-state index contributed by atoms with van der Waals surface area (Å²) in [5.74, 6) is -1.36. The van der Waals surface area contributed by atoms with Gasteiger partial charge in [-0.15, -0.1) is 0 Å². The number of aliphatic carboxylic acids is 1. The number of ether oxygens (including phenoxy) is 1. The number of carboxylic acids is 1. The number of esters is 1. The van der Waals surface area contributed by atoms with E-state index in [0.29, 0.717) is 23.2 Å². The summed E-state index contributed by atoms with van der Waals surface area (Å²) in [6.45, 7) is 5.76. The first-order valence-electron chi connectivity index (χ1n) is 6.11. The Morgan fingerprint density at radius 2 is 2.05 bits per heavy atom. The topological polar surface area (TPSA) is 75.6 Å². The fraction of sp³-hybridized carbons (Fsp3) is 0.429. The fourth-order valence-electron chi connectivity index (χ4n) is 2.13. The molecule has 1 heterocycles. The van der Waals surface area contributed by atoms with E-state index in [1.54, 1.807) is 39.0 Å². The number of nitrogens with one attached hydrogen (secondary N) is 1. The molecule has 102 valence electrons. The van der Waals surface area contributed by atoms with Gasteiger partial charge >= 0.3 is 11.9 Å². The lowest BCUT2D eigenvalue weighted by atomic mass is 9.99. The van der Waals surface area contributed by atoms with Crippen LogP contribution in [0.1, 0.15) is 48.3 Å². The molecule has 0 saturated carbocycles. The minimum atomic E-state index is -0.944. The van der Waals surface area contributed by atoms with Crippen molar-refractivity contribution < 1.29 is 19.4 Å². The summed E-state index contributed by atoms with van der Waals surface area (Å²) in [6, 6.07) is 4.32. The molecule has 5 nitrogen and oxygen atoms in total. The molecule has 2 N–H and O–H groups in total. The quantitative estimate of drug-likeness (QED) is 0.797. The molecule has 0 aromatic heterocycles. The lowest BCUT2D eigenvalue weighted by Crippen LogP contribution is -2.24. The van der Waals surface area contributed by atoms with E-state index in [9.17, 15) is 9.59 Å². The van der Waals surface area contributed by atoms with Gasteiger partial charge in [-0.1, -0.05) is 12.1 Å². The second kappa shape index (κ2) is 4.66. The Hall–Kier alpha value is -1.88. The minimum Gasteiger partial charge on any atom is -0.480 e. The lowest BCUT2D eigenvalue weighted by molar-refractivity contribution is -0.139. The maximum absolute atomic E-state index is 12.1. The molecule has 0 saturated heterocycles. The average molecular weight is 263 g/mol. The lowest BCUT2D eigenvalue weighted by Gasteiger charge is -2.20. The smallest absolute Gasteiger partial charge is 0.338 e. The Bertz CT molecular complexity index is 531. The molecule has 1 aromatic rings. The highest BCUT2D eigenvalue weighted by Gasteiger charge is 2.31. The molecule has 5 heteroatoms. The second-order valence-corrected chi connectivity index (χ2v) is 5.53. The predicted molar refractivity (Wildman–Crippen MR) is 68.8 cm³/mol. The molecule has 0 radical (unpaired) electrons. The molecule has 0 bridgehead atoms. The molecule has 1 aromatic carbocycles. The largest absolute Gasteiger partial charge is 0.480 e. The summed E-state index contributed by atoms with van der Waals surface area (Å²) in [5, 5.41) is 12.0. The summed E-state index contributed by atoms with van der Waals surface area (Å²) in [4.78, 5) is 23.2. The molecule has 0 spiro atoms. The molecule has 19 heavy (non-hydrogen) atoms. The average Bonchev–Trinajstić information content (AvgIpc) is 2.69. The van der Waals surface area contributed by atoms with Gasteiger partial charge in [-0.25, -0.2) is 4.79 Å². The van der Waals surface area contributed by atoms with Crippen LogP contribution in [0, 0.1) is 0 Å². The first-order chi connectivity index (χ1) is 8.79. The van der Waals surface area contributed by atoms with Crippen molar-refractivity contribution in [1.82, 2.24) is 5.32 Å². The summed E-state index contributed by atoms with van der Waals surface area (Å²) < 4.78 is 5.33. The van der Waals surface area contributed by atoms with Crippen LogP contribution >= 0.6 is 0 Å². The van der Waals surface area contributed by atoms with Gasteiger partial charge in [-0.3, -0.25) is 10.1 Å². The first kappa shape index (κ1) is 13.5. The van der Waals surface area contributed by atoms with Crippen LogP contribution in [0.15, 0.2) is 18.2 Å². The van der Waals surface area contributed by atoms with Gasteiger partial charge in [0.2, 0.25) is 0 Å². The Morgan fingerprint density at radius 1 is 1.37 bits per heavy atom. The van der Waals surface area contributed by atoms with Crippen LogP contribution in [-0.2, 0) is 16.1 Å². The van der Waals surface area contributed by atoms with E-state index < -0.39 is 23.6 Å². The SMILES string of the molecule is CC(C)(C)OC(=O)c1cccc2c1CNC2C(=O)O. The third kappa shape index (κ3) is 2.76. The number of carbonyl (C=O) groups excluding carboxylic acids is 1. The van der Waals surface area contributed by atoms with Crippen molar-refractivity contribution in [2.24, 2.45) is 0 Å². The molecule has 1 aliphatic rings. The zero-order chi connectivity index (χ0) is 14.2. The zero-order valence-electron chi connectivity index (χ0n) is 11.2. The Morgan fingerprint density at radius 3 is 2.63 bits per heavy atom. The van der Waals surface area contributed by atoms with E-state index >= 15 is 0 Å². The monoisotopic (exact) mass is 263 g/mol. The highest BCUT2D eigenvalue weighted by Crippen LogP contribution is 2.29. The van der Waals surface area contributed by atoms with E-state index in [2.05, 4.69) is 5.32 Å². The summed E-state index contributed by atoms with van der Waals surface area (Å²) in [7, 11) is 0. The van der Waals surface area contributed by atoms with Crippen LogP contribution in [-0.4, -0.2) is 22.6 Å². The number of carbonyl (C=O) groups is 2. The number of hydrogen-bond acceptors (Lipinski definition) is 4.